The zero-order valence-corrected chi connectivity index (χ0v) is 8.20. The van der Waals surface area contributed by atoms with Gasteiger partial charge in [0.1, 0.15) is 30.3 Å². The first-order valence-corrected chi connectivity index (χ1v) is 4.29. The summed E-state index contributed by atoms with van der Waals surface area (Å²) in [5, 5.41) is 9.42. The molecular formula is C10H11FO4. The Kier molecular flexibility index (Phi) is 3.91. The number of carbonyl (C=O) groups excluding carboxylic acids is 1. The van der Waals surface area contributed by atoms with Gasteiger partial charge in [-0.3, -0.25) is 0 Å². The maximum atomic E-state index is 11.8. The van der Waals surface area contributed by atoms with Crippen LogP contribution in [0.3, 0.4) is 0 Å². The number of carbonyl (C=O) groups is 1. The van der Waals surface area contributed by atoms with Crippen LogP contribution in [0.2, 0.25) is 0 Å². The molecule has 0 atom stereocenters. The normalized spacial score (nSPS) is 9.73. The van der Waals surface area contributed by atoms with Crippen molar-refractivity contribution in [3.05, 3.63) is 23.8 Å². The first kappa shape index (κ1) is 11.3. The highest BCUT2D eigenvalue weighted by molar-refractivity contribution is 5.92. The van der Waals surface area contributed by atoms with Crippen molar-refractivity contribution in [2.24, 2.45) is 0 Å². The van der Waals surface area contributed by atoms with E-state index in [1.54, 1.807) is 0 Å². The maximum absolute atomic E-state index is 11.8. The summed E-state index contributed by atoms with van der Waals surface area (Å²) in [5.74, 6) is -0.583. The average molecular weight is 214 g/mol. The Morgan fingerprint density at radius 2 is 2.27 bits per heavy atom. The number of halogens is 1. The third kappa shape index (κ3) is 2.83. The third-order valence-electron chi connectivity index (χ3n) is 1.72. The lowest BCUT2D eigenvalue weighted by molar-refractivity contribution is 0.0597. The Morgan fingerprint density at radius 1 is 1.53 bits per heavy atom. The van der Waals surface area contributed by atoms with Crippen molar-refractivity contribution < 1.29 is 23.8 Å². The molecule has 5 heteroatoms. The Balaban J connectivity index is 2.83. The van der Waals surface area contributed by atoms with Crippen LogP contribution < -0.4 is 4.74 Å². The fourth-order valence-electron chi connectivity index (χ4n) is 1.04. The monoisotopic (exact) mass is 214 g/mol. The predicted molar refractivity (Wildman–Crippen MR) is 50.9 cm³/mol. The summed E-state index contributed by atoms with van der Waals surface area (Å²) in [6, 6.07) is 4.05. The maximum Gasteiger partial charge on any atom is 0.341 e. The lowest BCUT2D eigenvalue weighted by Crippen LogP contribution is -2.03. The van der Waals surface area contributed by atoms with Crippen molar-refractivity contribution in [1.82, 2.24) is 0 Å². The number of benzene rings is 1. The van der Waals surface area contributed by atoms with Crippen LogP contribution in [0.5, 0.6) is 11.5 Å². The van der Waals surface area contributed by atoms with Gasteiger partial charge in [0.15, 0.2) is 0 Å². The van der Waals surface area contributed by atoms with E-state index >= 15 is 0 Å². The number of alkyl halides is 1. The molecule has 0 unspecified atom stereocenters. The number of esters is 1. The van der Waals surface area contributed by atoms with Crippen molar-refractivity contribution in [1.29, 1.82) is 0 Å². The summed E-state index contributed by atoms with van der Waals surface area (Å²) in [5.41, 5.74) is 0.0464. The molecule has 0 fully saturated rings. The molecule has 1 rings (SSSR count). The minimum atomic E-state index is -0.635. The smallest absolute Gasteiger partial charge is 0.341 e. The number of phenolic OH excluding ortho intramolecular Hbond substituents is 1. The average Bonchev–Trinajstić information content (AvgIpc) is 2.25. The number of methoxy groups -OCH3 is 1. The lowest BCUT2D eigenvalue weighted by Gasteiger charge is -2.06. The third-order valence-corrected chi connectivity index (χ3v) is 1.72. The molecule has 0 aliphatic rings. The molecule has 0 saturated heterocycles. The first-order chi connectivity index (χ1) is 7.19. The van der Waals surface area contributed by atoms with E-state index in [2.05, 4.69) is 4.74 Å². The Hall–Kier alpha value is -1.78. The van der Waals surface area contributed by atoms with E-state index in [4.69, 9.17) is 4.74 Å². The molecule has 15 heavy (non-hydrogen) atoms. The summed E-state index contributed by atoms with van der Waals surface area (Å²) >= 11 is 0. The van der Waals surface area contributed by atoms with E-state index in [0.29, 0.717) is 5.75 Å². The topological polar surface area (TPSA) is 55.8 Å². The second kappa shape index (κ2) is 5.19. The van der Waals surface area contributed by atoms with Gasteiger partial charge in [0, 0.05) is 6.07 Å². The summed E-state index contributed by atoms with van der Waals surface area (Å²) in [6.07, 6.45) is 0. The summed E-state index contributed by atoms with van der Waals surface area (Å²) < 4.78 is 21.1. The molecule has 0 heterocycles. The van der Waals surface area contributed by atoms with Crippen LogP contribution in [-0.2, 0) is 4.74 Å². The molecule has 82 valence electrons. The van der Waals surface area contributed by atoms with Gasteiger partial charge in [0.2, 0.25) is 0 Å². The van der Waals surface area contributed by atoms with Crippen molar-refractivity contribution >= 4 is 5.97 Å². The summed E-state index contributed by atoms with van der Waals surface area (Å²) in [7, 11) is 1.22. The predicted octanol–water partition coefficient (Wildman–Crippen LogP) is 1.53. The molecule has 0 radical (unpaired) electrons. The molecule has 0 saturated carbocycles. The highest BCUT2D eigenvalue weighted by atomic mass is 19.1. The van der Waals surface area contributed by atoms with Crippen molar-refractivity contribution in [2.45, 2.75) is 0 Å². The van der Waals surface area contributed by atoms with Crippen molar-refractivity contribution in [3.63, 3.8) is 0 Å². The zero-order valence-electron chi connectivity index (χ0n) is 8.20. The Bertz CT molecular complexity index is 351. The molecular weight excluding hydrogens is 203 g/mol. The van der Waals surface area contributed by atoms with Gasteiger partial charge in [-0.05, 0) is 12.1 Å². The minimum Gasteiger partial charge on any atom is -0.507 e. The van der Waals surface area contributed by atoms with Crippen molar-refractivity contribution in [3.8, 4) is 11.5 Å². The van der Waals surface area contributed by atoms with Gasteiger partial charge in [-0.15, -0.1) is 0 Å². The number of rotatable bonds is 4. The highest BCUT2D eigenvalue weighted by Crippen LogP contribution is 2.24. The fraction of sp³-hybridized carbons (Fsp3) is 0.300. The number of phenols is 1. The number of ether oxygens (including phenoxy) is 2. The molecule has 0 aromatic heterocycles. The highest BCUT2D eigenvalue weighted by Gasteiger charge is 2.11. The quantitative estimate of drug-likeness (QED) is 0.772. The lowest BCUT2D eigenvalue weighted by atomic mass is 10.2. The van der Waals surface area contributed by atoms with Crippen LogP contribution in [-0.4, -0.2) is 31.5 Å². The van der Waals surface area contributed by atoms with Crippen LogP contribution in [0.1, 0.15) is 10.4 Å². The van der Waals surface area contributed by atoms with Gasteiger partial charge in [-0.2, -0.15) is 0 Å². The van der Waals surface area contributed by atoms with Crippen LogP contribution in [0, 0.1) is 0 Å². The van der Waals surface area contributed by atoms with Crippen LogP contribution >= 0.6 is 0 Å². The Morgan fingerprint density at radius 3 is 2.80 bits per heavy atom. The minimum absolute atomic E-state index is 0.0464. The fourth-order valence-corrected chi connectivity index (χ4v) is 1.04. The van der Waals surface area contributed by atoms with Gasteiger partial charge < -0.3 is 14.6 Å². The largest absolute Gasteiger partial charge is 0.507 e. The Labute approximate surface area is 86.2 Å². The van der Waals surface area contributed by atoms with Crippen LogP contribution in [0.15, 0.2) is 18.2 Å². The van der Waals surface area contributed by atoms with Gasteiger partial charge in [-0.25, -0.2) is 9.18 Å². The van der Waals surface area contributed by atoms with E-state index in [0.717, 1.165) is 0 Å². The second-order valence-electron chi connectivity index (χ2n) is 2.71. The zero-order chi connectivity index (χ0) is 11.3. The van der Waals surface area contributed by atoms with E-state index in [9.17, 15) is 14.3 Å². The molecule has 0 aliphatic carbocycles. The van der Waals surface area contributed by atoms with E-state index in [1.165, 1.54) is 25.3 Å². The summed E-state index contributed by atoms with van der Waals surface area (Å²) in [4.78, 5) is 11.1. The van der Waals surface area contributed by atoms with Gasteiger partial charge in [0.25, 0.3) is 0 Å². The van der Waals surface area contributed by atoms with Gasteiger partial charge in [0.05, 0.1) is 7.11 Å². The molecule has 4 nitrogen and oxygen atoms in total. The number of aromatic hydroxyl groups is 1. The van der Waals surface area contributed by atoms with E-state index in [-0.39, 0.29) is 17.9 Å². The molecule has 1 aromatic carbocycles. The van der Waals surface area contributed by atoms with Crippen LogP contribution in [0.4, 0.5) is 4.39 Å². The SMILES string of the molecule is COC(=O)c1ccc(OCCF)cc1O. The van der Waals surface area contributed by atoms with Gasteiger partial charge in [-0.1, -0.05) is 0 Å². The molecule has 0 bridgehead atoms. The second-order valence-corrected chi connectivity index (χ2v) is 2.71. The van der Waals surface area contributed by atoms with Crippen LogP contribution in [0.25, 0.3) is 0 Å². The molecule has 0 amide bonds. The molecule has 1 N–H and O–H groups in total. The summed E-state index contributed by atoms with van der Waals surface area (Å²) in [6.45, 7) is -0.698. The standard InChI is InChI=1S/C10H11FO4/c1-14-10(13)8-3-2-7(6-9(8)12)15-5-4-11/h2-3,6,12H,4-5H2,1H3. The molecule has 1 aromatic rings. The number of hydrogen-bond donors (Lipinski definition) is 1. The molecule has 0 aliphatic heterocycles. The first-order valence-electron chi connectivity index (χ1n) is 4.29. The van der Waals surface area contributed by atoms with E-state index in [1.807, 2.05) is 0 Å². The molecule has 0 spiro atoms. The van der Waals surface area contributed by atoms with Gasteiger partial charge >= 0.3 is 5.97 Å². The number of hydrogen-bond acceptors (Lipinski definition) is 4. The van der Waals surface area contributed by atoms with E-state index < -0.39 is 12.6 Å². The van der Waals surface area contributed by atoms with Crippen molar-refractivity contribution in [2.75, 3.05) is 20.4 Å².